The van der Waals surface area contributed by atoms with Crippen LogP contribution in [0.5, 0.6) is 0 Å². The fraction of sp³-hybridized carbons (Fsp3) is 0.308. The van der Waals surface area contributed by atoms with Gasteiger partial charge in [-0.05, 0) is 60.6 Å². The van der Waals surface area contributed by atoms with Crippen molar-refractivity contribution in [2.24, 2.45) is 17.6 Å². The van der Waals surface area contributed by atoms with E-state index in [1.807, 2.05) is 24.3 Å². The number of carbonyl (C=O) groups is 2. The number of carboxylic acid groups (broad SMARTS) is 1. The molecule has 0 radical (unpaired) electrons. The van der Waals surface area contributed by atoms with E-state index in [1.165, 1.54) is 46.5 Å². The number of hydrogen-bond donors (Lipinski definition) is 3. The predicted octanol–water partition coefficient (Wildman–Crippen LogP) is 3.71. The number of rotatable bonds is 5. The molecular formula is C26H25FN6O3. The van der Waals surface area contributed by atoms with Crippen LogP contribution in [0.2, 0.25) is 0 Å². The summed E-state index contributed by atoms with van der Waals surface area (Å²) in [5.74, 6) is -1.65. The number of carbonyl (C=O) groups excluding carboxylic acids is 1. The summed E-state index contributed by atoms with van der Waals surface area (Å²) in [5.41, 5.74) is 8.59. The van der Waals surface area contributed by atoms with E-state index in [1.54, 1.807) is 4.68 Å². The Bertz CT molecular complexity index is 1320. The lowest BCUT2D eigenvalue weighted by Crippen LogP contribution is -2.55. The number of nitriles is 1. The van der Waals surface area contributed by atoms with Gasteiger partial charge in [-0.1, -0.05) is 24.3 Å². The Labute approximate surface area is 206 Å². The molecule has 2 amide bonds. The standard InChI is InChI=1S/C26H25FN6O3/c27-18-5-7-19(8-6-18)30-25-21(24(29)34)14-33(31-25)22-9-10-32(26(35)36)23(20(22)13-28)17-11-15-3-1-2-4-16(15)12-17/h1-8,14,17,20,22-23H,9-12H2,(H2,29,34)(H,30,31)(H,35,36)/t20-,22-,23?/m1/s1. The first-order valence-electron chi connectivity index (χ1n) is 11.7. The first-order chi connectivity index (χ1) is 17.4. The average molecular weight is 489 g/mol. The van der Waals surface area contributed by atoms with Crippen LogP contribution >= 0.6 is 0 Å². The third-order valence-electron chi connectivity index (χ3n) is 7.21. The Morgan fingerprint density at radius 3 is 2.39 bits per heavy atom. The summed E-state index contributed by atoms with van der Waals surface area (Å²) in [6.07, 6.45) is 2.19. The molecule has 9 nitrogen and oxygen atoms in total. The number of halogens is 1. The van der Waals surface area contributed by atoms with E-state index in [-0.39, 0.29) is 23.8 Å². The largest absolute Gasteiger partial charge is 0.465 e. The summed E-state index contributed by atoms with van der Waals surface area (Å²) in [6, 6.07) is 15.0. The number of primary amides is 1. The lowest BCUT2D eigenvalue weighted by Gasteiger charge is -2.44. The molecule has 3 aromatic rings. The fourth-order valence-corrected chi connectivity index (χ4v) is 5.59. The molecule has 36 heavy (non-hydrogen) atoms. The number of likely N-dealkylation sites (tertiary alicyclic amines) is 1. The second-order valence-corrected chi connectivity index (χ2v) is 9.28. The third-order valence-corrected chi connectivity index (χ3v) is 7.21. The van der Waals surface area contributed by atoms with Crippen LogP contribution in [0.3, 0.4) is 0 Å². The number of hydrogen-bond acceptors (Lipinski definition) is 5. The zero-order valence-electron chi connectivity index (χ0n) is 19.3. The highest BCUT2D eigenvalue weighted by molar-refractivity contribution is 5.98. The Hall–Kier alpha value is -4.39. The van der Waals surface area contributed by atoms with Gasteiger partial charge >= 0.3 is 6.09 Å². The number of aromatic nitrogens is 2. The number of anilines is 2. The van der Waals surface area contributed by atoms with Gasteiger partial charge in [0.05, 0.1) is 24.1 Å². The Kier molecular flexibility index (Phi) is 6.06. The molecule has 1 aromatic heterocycles. The minimum Gasteiger partial charge on any atom is -0.465 e. The first kappa shape index (κ1) is 23.4. The summed E-state index contributed by atoms with van der Waals surface area (Å²) < 4.78 is 14.9. The summed E-state index contributed by atoms with van der Waals surface area (Å²) in [7, 11) is 0. The van der Waals surface area contributed by atoms with E-state index in [0.717, 1.165) is 0 Å². The van der Waals surface area contributed by atoms with E-state index >= 15 is 0 Å². The number of piperidine rings is 1. The van der Waals surface area contributed by atoms with Gasteiger partial charge in [0.15, 0.2) is 5.82 Å². The van der Waals surface area contributed by atoms with Gasteiger partial charge in [-0.15, -0.1) is 0 Å². The highest BCUT2D eigenvalue weighted by Gasteiger charge is 2.47. The molecule has 2 aliphatic rings. The van der Waals surface area contributed by atoms with E-state index in [2.05, 4.69) is 16.5 Å². The number of nitrogens with one attached hydrogen (secondary N) is 1. The lowest BCUT2D eigenvalue weighted by atomic mass is 9.78. The van der Waals surface area contributed by atoms with Crippen LogP contribution in [0, 0.1) is 29.0 Å². The second kappa shape index (κ2) is 9.34. The zero-order chi connectivity index (χ0) is 25.4. The molecule has 5 rings (SSSR count). The van der Waals surface area contributed by atoms with Crippen molar-refractivity contribution in [3.63, 3.8) is 0 Å². The lowest BCUT2D eigenvalue weighted by molar-refractivity contribution is 0.0408. The van der Waals surface area contributed by atoms with Gasteiger partial charge in [0.1, 0.15) is 11.4 Å². The van der Waals surface area contributed by atoms with Crippen LogP contribution in [0.4, 0.5) is 20.7 Å². The average Bonchev–Trinajstić information content (AvgIpc) is 3.48. The predicted molar refractivity (Wildman–Crippen MR) is 129 cm³/mol. The Morgan fingerprint density at radius 1 is 1.14 bits per heavy atom. The van der Waals surface area contributed by atoms with Crippen LogP contribution in [0.1, 0.15) is 33.9 Å². The van der Waals surface area contributed by atoms with E-state index in [9.17, 15) is 24.3 Å². The van der Waals surface area contributed by atoms with Crippen molar-refractivity contribution >= 4 is 23.5 Å². The minimum atomic E-state index is -1.05. The molecule has 1 unspecified atom stereocenters. The van der Waals surface area contributed by atoms with E-state index in [4.69, 9.17) is 5.73 Å². The smallest absolute Gasteiger partial charge is 0.407 e. The van der Waals surface area contributed by atoms with Crippen molar-refractivity contribution in [3.8, 4) is 6.07 Å². The number of nitrogens with two attached hydrogens (primary N) is 1. The van der Waals surface area contributed by atoms with Gasteiger partial charge in [-0.2, -0.15) is 10.4 Å². The van der Waals surface area contributed by atoms with Crippen molar-refractivity contribution in [3.05, 3.63) is 77.2 Å². The fourth-order valence-electron chi connectivity index (χ4n) is 5.59. The number of fused-ring (bicyclic) bond motifs is 1. The number of benzene rings is 2. The molecule has 2 heterocycles. The van der Waals surface area contributed by atoms with Crippen molar-refractivity contribution in [2.75, 3.05) is 11.9 Å². The van der Waals surface area contributed by atoms with E-state index < -0.39 is 35.8 Å². The van der Waals surface area contributed by atoms with Gasteiger partial charge < -0.3 is 21.1 Å². The van der Waals surface area contributed by atoms with Crippen LogP contribution in [0.15, 0.2) is 54.7 Å². The zero-order valence-corrected chi connectivity index (χ0v) is 19.3. The molecule has 10 heteroatoms. The topological polar surface area (TPSA) is 137 Å². The van der Waals surface area contributed by atoms with Crippen molar-refractivity contribution in [1.82, 2.24) is 14.7 Å². The molecule has 1 aliphatic carbocycles. The van der Waals surface area contributed by atoms with Gasteiger partial charge in [0.2, 0.25) is 0 Å². The molecule has 3 atom stereocenters. The summed E-state index contributed by atoms with van der Waals surface area (Å²) in [4.78, 5) is 25.7. The maximum Gasteiger partial charge on any atom is 0.407 e. The molecule has 2 aromatic carbocycles. The van der Waals surface area contributed by atoms with Crippen LogP contribution in [-0.4, -0.2) is 44.4 Å². The molecular weight excluding hydrogens is 463 g/mol. The Morgan fingerprint density at radius 2 is 1.81 bits per heavy atom. The van der Waals surface area contributed by atoms with Crippen LogP contribution < -0.4 is 11.1 Å². The van der Waals surface area contributed by atoms with Gasteiger partial charge in [0, 0.05) is 18.4 Å². The van der Waals surface area contributed by atoms with Crippen molar-refractivity contribution in [1.29, 1.82) is 5.26 Å². The van der Waals surface area contributed by atoms with Crippen molar-refractivity contribution < 1.29 is 19.1 Å². The van der Waals surface area contributed by atoms with Gasteiger partial charge in [0.25, 0.3) is 5.91 Å². The van der Waals surface area contributed by atoms with Crippen molar-refractivity contribution in [2.45, 2.75) is 31.3 Å². The van der Waals surface area contributed by atoms with Crippen LogP contribution in [0.25, 0.3) is 0 Å². The molecule has 0 bridgehead atoms. The summed E-state index contributed by atoms with van der Waals surface area (Å²) in [6.45, 7) is 0.238. The van der Waals surface area contributed by atoms with Crippen LogP contribution in [-0.2, 0) is 12.8 Å². The highest BCUT2D eigenvalue weighted by atomic mass is 19.1. The molecule has 1 aliphatic heterocycles. The first-order valence-corrected chi connectivity index (χ1v) is 11.7. The molecule has 184 valence electrons. The maximum absolute atomic E-state index is 13.3. The summed E-state index contributed by atoms with van der Waals surface area (Å²) >= 11 is 0. The molecule has 4 N–H and O–H groups in total. The normalized spacial score (nSPS) is 21.6. The number of nitrogens with zero attached hydrogens (tertiary/aromatic N) is 4. The van der Waals surface area contributed by atoms with Gasteiger partial charge in [-0.3, -0.25) is 9.48 Å². The SMILES string of the molecule is N#C[C@H]1C(C2Cc3ccccc3C2)N(C(=O)O)CC[C@H]1n1cc(C(N)=O)c(Nc2ccc(F)cc2)n1. The molecule has 0 saturated carbocycles. The highest BCUT2D eigenvalue weighted by Crippen LogP contribution is 2.41. The van der Waals surface area contributed by atoms with Gasteiger partial charge in [-0.25, -0.2) is 9.18 Å². The minimum absolute atomic E-state index is 0.0473. The quantitative estimate of drug-likeness (QED) is 0.501. The Balaban J connectivity index is 1.48. The van der Waals surface area contributed by atoms with E-state index in [0.29, 0.717) is 24.9 Å². The molecule has 1 saturated heterocycles. The monoisotopic (exact) mass is 488 g/mol. The molecule has 0 spiro atoms. The molecule has 1 fully saturated rings. The second-order valence-electron chi connectivity index (χ2n) is 9.28. The summed E-state index contributed by atoms with van der Waals surface area (Å²) in [5, 5.41) is 27.7. The maximum atomic E-state index is 13.3. The third kappa shape index (κ3) is 4.24. The number of amides is 2.